The van der Waals surface area contributed by atoms with Crippen molar-refractivity contribution in [1.29, 1.82) is 0 Å². The van der Waals surface area contributed by atoms with Crippen LogP contribution in [0.3, 0.4) is 0 Å². The first-order valence-electron chi connectivity index (χ1n) is 9.02. The van der Waals surface area contributed by atoms with E-state index in [9.17, 15) is 9.59 Å². The lowest BCUT2D eigenvalue weighted by Crippen LogP contribution is -2.48. The summed E-state index contributed by atoms with van der Waals surface area (Å²) in [6.07, 6.45) is 1.54. The molecule has 0 saturated carbocycles. The molecule has 136 valence electrons. The lowest BCUT2D eigenvalue weighted by Gasteiger charge is -2.36. The van der Waals surface area contributed by atoms with Crippen molar-refractivity contribution < 1.29 is 14.3 Å². The van der Waals surface area contributed by atoms with Crippen LogP contribution in [0.2, 0.25) is 0 Å². The van der Waals surface area contributed by atoms with Crippen molar-refractivity contribution in [3.05, 3.63) is 30.3 Å². The predicted octanol–water partition coefficient (Wildman–Crippen LogP) is 2.26. The van der Waals surface area contributed by atoms with Crippen LogP contribution >= 0.6 is 11.8 Å². The summed E-state index contributed by atoms with van der Waals surface area (Å²) in [4.78, 5) is 30.2. The smallest absolute Gasteiger partial charge is 0.235 e. The van der Waals surface area contributed by atoms with Gasteiger partial charge in [0.1, 0.15) is 0 Å². The molecule has 5 nitrogen and oxygen atoms in total. The summed E-state index contributed by atoms with van der Waals surface area (Å²) in [6.45, 7) is 5.99. The average molecular weight is 362 g/mol. The normalized spacial score (nSPS) is 20.4. The molecule has 3 rings (SSSR count). The Morgan fingerprint density at radius 2 is 1.68 bits per heavy atom. The molecule has 2 fully saturated rings. The second kappa shape index (κ2) is 8.72. The summed E-state index contributed by atoms with van der Waals surface area (Å²) in [5.74, 6) is 0.465. The number of morpholine rings is 1. The van der Waals surface area contributed by atoms with Gasteiger partial charge in [-0.3, -0.25) is 9.59 Å². The summed E-state index contributed by atoms with van der Waals surface area (Å²) >= 11 is 1.59. The third kappa shape index (κ3) is 4.76. The molecule has 1 unspecified atom stereocenters. The Kier molecular flexibility index (Phi) is 6.37. The van der Waals surface area contributed by atoms with Gasteiger partial charge in [-0.05, 0) is 31.9 Å². The molecule has 1 aromatic carbocycles. The topological polar surface area (TPSA) is 49.9 Å². The van der Waals surface area contributed by atoms with Crippen LogP contribution < -0.4 is 0 Å². The largest absolute Gasteiger partial charge is 0.378 e. The van der Waals surface area contributed by atoms with Crippen molar-refractivity contribution >= 4 is 23.6 Å². The number of piperidine rings is 1. The van der Waals surface area contributed by atoms with Gasteiger partial charge < -0.3 is 14.5 Å². The van der Waals surface area contributed by atoms with E-state index in [0.29, 0.717) is 39.4 Å². The lowest BCUT2D eigenvalue weighted by atomic mass is 9.95. The SMILES string of the molecule is CC(Sc1ccccc1)C(=O)N1CCC(C(=O)N2CCOCC2)CC1. The molecule has 0 aromatic heterocycles. The van der Waals surface area contributed by atoms with E-state index in [1.165, 1.54) is 0 Å². The molecule has 2 aliphatic heterocycles. The molecule has 0 aliphatic carbocycles. The number of rotatable bonds is 4. The number of hydrogen-bond acceptors (Lipinski definition) is 4. The van der Waals surface area contributed by atoms with Gasteiger partial charge in [-0.1, -0.05) is 18.2 Å². The van der Waals surface area contributed by atoms with Gasteiger partial charge >= 0.3 is 0 Å². The Bertz CT molecular complexity index is 582. The third-order valence-corrected chi connectivity index (χ3v) is 5.98. The Labute approximate surface area is 153 Å². The summed E-state index contributed by atoms with van der Waals surface area (Å²) in [7, 11) is 0. The lowest BCUT2D eigenvalue weighted by molar-refractivity contribution is -0.143. The van der Waals surface area contributed by atoms with Crippen molar-refractivity contribution in [1.82, 2.24) is 9.80 Å². The molecule has 2 amide bonds. The fourth-order valence-corrected chi connectivity index (χ4v) is 4.37. The molecule has 0 spiro atoms. The number of nitrogens with zero attached hydrogens (tertiary/aromatic N) is 2. The average Bonchev–Trinajstić information content (AvgIpc) is 2.68. The number of ether oxygens (including phenoxy) is 1. The molecule has 25 heavy (non-hydrogen) atoms. The zero-order valence-corrected chi connectivity index (χ0v) is 15.5. The molecule has 6 heteroatoms. The monoisotopic (exact) mass is 362 g/mol. The Morgan fingerprint density at radius 1 is 1.04 bits per heavy atom. The number of likely N-dealkylation sites (tertiary alicyclic amines) is 1. The molecule has 2 aliphatic rings. The van der Waals surface area contributed by atoms with Crippen LogP contribution in [0.5, 0.6) is 0 Å². The second-order valence-corrected chi connectivity index (χ2v) is 8.02. The molecule has 0 bridgehead atoms. The highest BCUT2D eigenvalue weighted by Crippen LogP contribution is 2.26. The van der Waals surface area contributed by atoms with E-state index in [-0.39, 0.29) is 23.0 Å². The van der Waals surface area contributed by atoms with Crippen LogP contribution in [0.4, 0.5) is 0 Å². The first-order chi connectivity index (χ1) is 12.1. The van der Waals surface area contributed by atoms with Gasteiger partial charge in [-0.15, -0.1) is 11.8 Å². The molecular formula is C19H26N2O3S. The minimum Gasteiger partial charge on any atom is -0.378 e. The van der Waals surface area contributed by atoms with Crippen molar-refractivity contribution in [3.63, 3.8) is 0 Å². The molecule has 1 aromatic rings. The van der Waals surface area contributed by atoms with Crippen LogP contribution in [0.25, 0.3) is 0 Å². The zero-order chi connectivity index (χ0) is 17.6. The van der Waals surface area contributed by atoms with E-state index < -0.39 is 0 Å². The van der Waals surface area contributed by atoms with E-state index in [1.54, 1.807) is 11.8 Å². The highest BCUT2D eigenvalue weighted by molar-refractivity contribution is 8.00. The molecule has 2 heterocycles. The van der Waals surface area contributed by atoms with Crippen molar-refractivity contribution in [2.24, 2.45) is 5.92 Å². The van der Waals surface area contributed by atoms with Crippen LogP contribution in [0, 0.1) is 5.92 Å². The minimum absolute atomic E-state index is 0.0548. The Morgan fingerprint density at radius 3 is 2.32 bits per heavy atom. The van der Waals surface area contributed by atoms with Crippen molar-refractivity contribution in [3.8, 4) is 0 Å². The van der Waals surface area contributed by atoms with Gasteiger partial charge in [0.05, 0.1) is 18.5 Å². The summed E-state index contributed by atoms with van der Waals surface area (Å²) in [5.41, 5.74) is 0. The van der Waals surface area contributed by atoms with E-state index in [0.717, 1.165) is 17.7 Å². The fraction of sp³-hybridized carbons (Fsp3) is 0.579. The highest BCUT2D eigenvalue weighted by Gasteiger charge is 2.32. The van der Waals surface area contributed by atoms with Gasteiger partial charge in [0.15, 0.2) is 0 Å². The standard InChI is InChI=1S/C19H26N2O3S/c1-15(25-17-5-3-2-4-6-17)18(22)20-9-7-16(8-10-20)19(23)21-11-13-24-14-12-21/h2-6,15-16H,7-14H2,1H3. The van der Waals surface area contributed by atoms with E-state index in [4.69, 9.17) is 4.74 Å². The van der Waals surface area contributed by atoms with Crippen LogP contribution in [0.1, 0.15) is 19.8 Å². The summed E-state index contributed by atoms with van der Waals surface area (Å²) < 4.78 is 5.31. The van der Waals surface area contributed by atoms with Gasteiger partial charge in [-0.25, -0.2) is 0 Å². The molecule has 0 N–H and O–H groups in total. The quantitative estimate of drug-likeness (QED) is 0.771. The number of benzene rings is 1. The molecule has 1 atom stereocenters. The number of amides is 2. The van der Waals surface area contributed by atoms with Crippen molar-refractivity contribution in [2.75, 3.05) is 39.4 Å². The maximum Gasteiger partial charge on any atom is 0.235 e. The Hall–Kier alpha value is -1.53. The summed E-state index contributed by atoms with van der Waals surface area (Å²) in [5, 5.41) is -0.103. The van der Waals surface area contributed by atoms with Crippen LogP contribution in [-0.4, -0.2) is 66.3 Å². The zero-order valence-electron chi connectivity index (χ0n) is 14.7. The minimum atomic E-state index is -0.103. The maximum atomic E-state index is 12.7. The first-order valence-corrected chi connectivity index (χ1v) is 9.90. The fourth-order valence-electron chi connectivity index (χ4n) is 3.40. The van der Waals surface area contributed by atoms with Crippen molar-refractivity contribution in [2.45, 2.75) is 29.9 Å². The van der Waals surface area contributed by atoms with Gasteiger partial charge in [0.2, 0.25) is 11.8 Å². The van der Waals surface area contributed by atoms with Crippen LogP contribution in [0.15, 0.2) is 35.2 Å². The van der Waals surface area contributed by atoms with E-state index >= 15 is 0 Å². The highest BCUT2D eigenvalue weighted by atomic mass is 32.2. The maximum absolute atomic E-state index is 12.7. The number of thioether (sulfide) groups is 1. The van der Waals surface area contributed by atoms with Gasteiger partial charge in [0, 0.05) is 37.0 Å². The number of hydrogen-bond donors (Lipinski definition) is 0. The number of carbonyl (C=O) groups is 2. The summed E-state index contributed by atoms with van der Waals surface area (Å²) in [6, 6.07) is 10.0. The van der Waals surface area contributed by atoms with E-state index in [1.807, 2.05) is 47.1 Å². The van der Waals surface area contributed by atoms with Gasteiger partial charge in [0.25, 0.3) is 0 Å². The first kappa shape index (κ1) is 18.3. The van der Waals surface area contributed by atoms with Gasteiger partial charge in [-0.2, -0.15) is 0 Å². The van der Waals surface area contributed by atoms with E-state index in [2.05, 4.69) is 0 Å². The predicted molar refractivity (Wildman–Crippen MR) is 98.5 cm³/mol. The molecular weight excluding hydrogens is 336 g/mol. The number of carbonyl (C=O) groups excluding carboxylic acids is 2. The van der Waals surface area contributed by atoms with Crippen LogP contribution in [-0.2, 0) is 14.3 Å². The Balaban J connectivity index is 1.47. The third-order valence-electron chi connectivity index (χ3n) is 4.88. The molecule has 0 radical (unpaired) electrons. The second-order valence-electron chi connectivity index (χ2n) is 6.61. The molecule has 2 saturated heterocycles.